The fourth-order valence-electron chi connectivity index (χ4n) is 2.03. The van der Waals surface area contributed by atoms with Crippen molar-refractivity contribution in [2.45, 2.75) is 19.9 Å². The van der Waals surface area contributed by atoms with Gasteiger partial charge in [-0.05, 0) is 36.2 Å². The first kappa shape index (κ1) is 10.2. The summed E-state index contributed by atoms with van der Waals surface area (Å²) < 4.78 is 0. The van der Waals surface area contributed by atoms with Crippen molar-refractivity contribution in [2.75, 3.05) is 13.1 Å². The standard InChI is InChI=1S/C12H16N2O/c1-2-14-6-5-9-7-10(12(13)15)3-4-11(9)8-14/h3-4,7H,2,5-6,8H2,1H3,(H2,13,15). The van der Waals surface area contributed by atoms with E-state index in [2.05, 4.69) is 11.8 Å². The van der Waals surface area contributed by atoms with Crippen LogP contribution in [0.15, 0.2) is 18.2 Å². The minimum atomic E-state index is -0.337. The van der Waals surface area contributed by atoms with E-state index in [4.69, 9.17) is 5.73 Å². The van der Waals surface area contributed by atoms with Crippen LogP contribution in [0, 0.1) is 0 Å². The van der Waals surface area contributed by atoms with Crippen LogP contribution in [0.2, 0.25) is 0 Å². The van der Waals surface area contributed by atoms with E-state index in [1.807, 2.05) is 18.2 Å². The maximum absolute atomic E-state index is 11.0. The second-order valence-electron chi connectivity index (χ2n) is 3.97. The second-order valence-corrected chi connectivity index (χ2v) is 3.97. The molecule has 3 heteroatoms. The summed E-state index contributed by atoms with van der Waals surface area (Å²) >= 11 is 0. The molecule has 0 bridgehead atoms. The van der Waals surface area contributed by atoms with Crippen LogP contribution in [0.4, 0.5) is 0 Å². The number of primary amides is 1. The van der Waals surface area contributed by atoms with E-state index in [9.17, 15) is 4.79 Å². The van der Waals surface area contributed by atoms with Crippen LogP contribution in [0.3, 0.4) is 0 Å². The van der Waals surface area contributed by atoms with Crippen molar-refractivity contribution in [3.8, 4) is 0 Å². The summed E-state index contributed by atoms with van der Waals surface area (Å²) in [5.41, 5.74) is 8.48. The number of fused-ring (bicyclic) bond motifs is 1. The molecule has 0 saturated heterocycles. The maximum Gasteiger partial charge on any atom is 0.248 e. The Morgan fingerprint density at radius 2 is 2.27 bits per heavy atom. The van der Waals surface area contributed by atoms with E-state index in [0.29, 0.717) is 5.56 Å². The first-order valence-electron chi connectivity index (χ1n) is 5.34. The summed E-state index contributed by atoms with van der Waals surface area (Å²) in [5, 5.41) is 0. The van der Waals surface area contributed by atoms with Crippen molar-refractivity contribution in [2.24, 2.45) is 5.73 Å². The molecule has 0 aliphatic carbocycles. The fraction of sp³-hybridized carbons (Fsp3) is 0.417. The number of nitrogens with two attached hydrogens (primary N) is 1. The molecule has 0 saturated carbocycles. The van der Waals surface area contributed by atoms with Gasteiger partial charge in [0.2, 0.25) is 5.91 Å². The predicted molar refractivity (Wildman–Crippen MR) is 59.6 cm³/mol. The van der Waals surface area contributed by atoms with E-state index in [-0.39, 0.29) is 5.91 Å². The van der Waals surface area contributed by atoms with E-state index >= 15 is 0 Å². The monoisotopic (exact) mass is 204 g/mol. The molecule has 3 nitrogen and oxygen atoms in total. The molecule has 1 aliphatic rings. The van der Waals surface area contributed by atoms with Crippen LogP contribution in [0.25, 0.3) is 0 Å². The Kier molecular flexibility index (Phi) is 2.73. The first-order valence-corrected chi connectivity index (χ1v) is 5.34. The normalized spacial score (nSPS) is 16.1. The molecular formula is C12H16N2O. The smallest absolute Gasteiger partial charge is 0.248 e. The van der Waals surface area contributed by atoms with Crippen LogP contribution in [-0.4, -0.2) is 23.9 Å². The number of benzene rings is 1. The molecule has 0 spiro atoms. The molecule has 2 rings (SSSR count). The Hall–Kier alpha value is -1.35. The number of amides is 1. The van der Waals surface area contributed by atoms with Crippen molar-refractivity contribution in [1.82, 2.24) is 4.90 Å². The van der Waals surface area contributed by atoms with Gasteiger partial charge in [-0.15, -0.1) is 0 Å². The maximum atomic E-state index is 11.0. The fourth-order valence-corrected chi connectivity index (χ4v) is 2.03. The van der Waals surface area contributed by atoms with Crippen molar-refractivity contribution in [1.29, 1.82) is 0 Å². The summed E-state index contributed by atoms with van der Waals surface area (Å²) in [7, 11) is 0. The molecule has 1 heterocycles. The molecule has 0 aromatic heterocycles. The van der Waals surface area contributed by atoms with Crippen LogP contribution in [0.1, 0.15) is 28.4 Å². The summed E-state index contributed by atoms with van der Waals surface area (Å²) in [6, 6.07) is 5.78. The SMILES string of the molecule is CCN1CCc2cc(C(N)=O)ccc2C1. The summed E-state index contributed by atoms with van der Waals surface area (Å²) in [6.45, 7) is 5.32. The molecule has 0 unspecified atom stereocenters. The van der Waals surface area contributed by atoms with Gasteiger partial charge in [-0.2, -0.15) is 0 Å². The van der Waals surface area contributed by atoms with Gasteiger partial charge in [0, 0.05) is 18.7 Å². The average Bonchev–Trinajstić information content (AvgIpc) is 2.27. The first-order chi connectivity index (χ1) is 7.20. The zero-order valence-corrected chi connectivity index (χ0v) is 8.99. The molecule has 0 radical (unpaired) electrons. The lowest BCUT2D eigenvalue weighted by Gasteiger charge is -2.27. The molecule has 15 heavy (non-hydrogen) atoms. The van der Waals surface area contributed by atoms with Crippen molar-refractivity contribution < 1.29 is 4.79 Å². The molecule has 1 aliphatic heterocycles. The van der Waals surface area contributed by atoms with Gasteiger partial charge in [0.1, 0.15) is 0 Å². The van der Waals surface area contributed by atoms with Crippen LogP contribution in [0.5, 0.6) is 0 Å². The molecule has 80 valence electrons. The Labute approximate surface area is 89.9 Å². The zero-order valence-electron chi connectivity index (χ0n) is 8.99. The van der Waals surface area contributed by atoms with Gasteiger partial charge in [0.05, 0.1) is 0 Å². The molecule has 1 aromatic rings. The summed E-state index contributed by atoms with van der Waals surface area (Å²) in [4.78, 5) is 13.4. The lowest BCUT2D eigenvalue weighted by molar-refractivity contribution is 0.1000. The highest BCUT2D eigenvalue weighted by Gasteiger charge is 2.15. The molecule has 1 amide bonds. The highest BCUT2D eigenvalue weighted by Crippen LogP contribution is 2.19. The van der Waals surface area contributed by atoms with Gasteiger partial charge in [-0.1, -0.05) is 13.0 Å². The number of carbonyl (C=O) groups excluding carboxylic acids is 1. The van der Waals surface area contributed by atoms with Crippen molar-refractivity contribution in [3.05, 3.63) is 34.9 Å². The largest absolute Gasteiger partial charge is 0.366 e. The topological polar surface area (TPSA) is 46.3 Å². The third-order valence-electron chi connectivity index (χ3n) is 3.03. The summed E-state index contributed by atoms with van der Waals surface area (Å²) in [6.07, 6.45) is 1.02. The zero-order chi connectivity index (χ0) is 10.8. The number of likely N-dealkylation sites (N-methyl/N-ethyl adjacent to an activating group) is 1. The highest BCUT2D eigenvalue weighted by molar-refractivity contribution is 5.93. The number of hydrogen-bond donors (Lipinski definition) is 1. The van der Waals surface area contributed by atoms with Crippen LogP contribution in [-0.2, 0) is 13.0 Å². The van der Waals surface area contributed by atoms with Gasteiger partial charge in [0.15, 0.2) is 0 Å². The van der Waals surface area contributed by atoms with E-state index in [1.54, 1.807) is 0 Å². The lowest BCUT2D eigenvalue weighted by Crippen LogP contribution is -2.30. The number of nitrogens with zero attached hydrogens (tertiary/aromatic N) is 1. The van der Waals surface area contributed by atoms with Crippen LogP contribution >= 0.6 is 0 Å². The Bertz CT molecular complexity index is 387. The van der Waals surface area contributed by atoms with Gasteiger partial charge < -0.3 is 5.73 Å². The minimum absolute atomic E-state index is 0.337. The van der Waals surface area contributed by atoms with Crippen LogP contribution < -0.4 is 5.73 Å². The second kappa shape index (κ2) is 4.03. The van der Waals surface area contributed by atoms with Gasteiger partial charge in [0.25, 0.3) is 0 Å². The van der Waals surface area contributed by atoms with Crippen molar-refractivity contribution >= 4 is 5.91 Å². The van der Waals surface area contributed by atoms with E-state index < -0.39 is 0 Å². The van der Waals surface area contributed by atoms with E-state index in [0.717, 1.165) is 26.1 Å². The average molecular weight is 204 g/mol. The molecule has 2 N–H and O–H groups in total. The minimum Gasteiger partial charge on any atom is -0.366 e. The molecule has 1 aromatic carbocycles. The summed E-state index contributed by atoms with van der Waals surface area (Å²) in [5.74, 6) is -0.337. The Morgan fingerprint density at radius 1 is 1.47 bits per heavy atom. The van der Waals surface area contributed by atoms with Gasteiger partial charge in [-0.25, -0.2) is 0 Å². The van der Waals surface area contributed by atoms with Crippen molar-refractivity contribution in [3.63, 3.8) is 0 Å². The van der Waals surface area contributed by atoms with Gasteiger partial charge >= 0.3 is 0 Å². The lowest BCUT2D eigenvalue weighted by atomic mass is 9.97. The van der Waals surface area contributed by atoms with Gasteiger partial charge in [-0.3, -0.25) is 9.69 Å². The molecular weight excluding hydrogens is 188 g/mol. The highest BCUT2D eigenvalue weighted by atomic mass is 16.1. The Morgan fingerprint density at radius 3 is 2.93 bits per heavy atom. The molecule has 0 atom stereocenters. The number of carbonyl (C=O) groups is 1. The number of rotatable bonds is 2. The van der Waals surface area contributed by atoms with E-state index in [1.165, 1.54) is 11.1 Å². The quantitative estimate of drug-likeness (QED) is 0.786. The Balaban J connectivity index is 2.28. The number of hydrogen-bond acceptors (Lipinski definition) is 2. The third kappa shape index (κ3) is 2.02. The predicted octanol–water partition coefficient (Wildman–Crippen LogP) is 1.16. The third-order valence-corrected chi connectivity index (χ3v) is 3.03. The molecule has 0 fully saturated rings.